The van der Waals surface area contributed by atoms with Gasteiger partial charge in [0.15, 0.2) is 0 Å². The van der Waals surface area contributed by atoms with Crippen LogP contribution in [0, 0.1) is 12.8 Å². The third kappa shape index (κ3) is 3.29. The van der Waals surface area contributed by atoms with Crippen LogP contribution in [0.5, 0.6) is 0 Å². The molecule has 0 spiro atoms. The van der Waals surface area contributed by atoms with E-state index >= 15 is 0 Å². The SMILES string of the molecule is Cc1ccc(S(=O)(=O)NC2CCN(C(=O)C3CC3)C2)cc1Cl. The van der Waals surface area contributed by atoms with Crippen LogP contribution in [0.2, 0.25) is 5.02 Å². The van der Waals surface area contributed by atoms with Crippen LogP contribution in [-0.2, 0) is 14.8 Å². The number of carbonyl (C=O) groups is 1. The van der Waals surface area contributed by atoms with E-state index in [1.165, 1.54) is 6.07 Å². The first-order valence-electron chi connectivity index (χ1n) is 7.44. The summed E-state index contributed by atoms with van der Waals surface area (Å²) in [6.07, 6.45) is 2.58. The maximum absolute atomic E-state index is 12.4. The van der Waals surface area contributed by atoms with Crippen LogP contribution in [0.25, 0.3) is 0 Å². The Morgan fingerprint density at radius 3 is 2.68 bits per heavy atom. The first-order chi connectivity index (χ1) is 10.4. The number of halogens is 1. The molecule has 1 aromatic rings. The van der Waals surface area contributed by atoms with Crippen molar-refractivity contribution in [3.05, 3.63) is 28.8 Å². The molecule has 1 saturated heterocycles. The molecule has 7 heteroatoms. The highest BCUT2D eigenvalue weighted by Gasteiger charge is 2.37. The van der Waals surface area contributed by atoms with Crippen molar-refractivity contribution in [2.75, 3.05) is 13.1 Å². The van der Waals surface area contributed by atoms with Crippen LogP contribution >= 0.6 is 11.6 Å². The Labute approximate surface area is 135 Å². The Bertz CT molecular complexity index is 701. The third-order valence-electron chi connectivity index (χ3n) is 4.20. The summed E-state index contributed by atoms with van der Waals surface area (Å²) >= 11 is 6.00. The van der Waals surface area contributed by atoms with Gasteiger partial charge in [0.1, 0.15) is 0 Å². The molecule has 2 aliphatic rings. The standard InChI is InChI=1S/C15H19ClN2O3S/c1-10-2-5-13(8-14(10)16)22(20,21)17-12-6-7-18(9-12)15(19)11-3-4-11/h2,5,8,11-12,17H,3-4,6-7,9H2,1H3. The van der Waals surface area contributed by atoms with Gasteiger partial charge in [-0.25, -0.2) is 13.1 Å². The lowest BCUT2D eigenvalue weighted by Crippen LogP contribution is -2.38. The molecule has 5 nitrogen and oxygen atoms in total. The summed E-state index contributed by atoms with van der Waals surface area (Å²) in [6.45, 7) is 2.90. The minimum absolute atomic E-state index is 0.162. The molecule has 0 bridgehead atoms. The van der Waals surface area contributed by atoms with E-state index in [9.17, 15) is 13.2 Å². The number of carbonyl (C=O) groups excluding carboxylic acids is 1. The highest BCUT2D eigenvalue weighted by atomic mass is 35.5. The van der Waals surface area contributed by atoms with E-state index in [-0.39, 0.29) is 22.8 Å². The van der Waals surface area contributed by atoms with Gasteiger partial charge in [-0.3, -0.25) is 4.79 Å². The predicted molar refractivity (Wildman–Crippen MR) is 84.2 cm³/mol. The first-order valence-corrected chi connectivity index (χ1v) is 9.30. The van der Waals surface area contributed by atoms with E-state index < -0.39 is 10.0 Å². The summed E-state index contributed by atoms with van der Waals surface area (Å²) in [5, 5.41) is 0.430. The van der Waals surface area contributed by atoms with Gasteiger partial charge in [-0.1, -0.05) is 17.7 Å². The minimum Gasteiger partial charge on any atom is -0.341 e. The molecule has 0 aromatic heterocycles. The van der Waals surface area contributed by atoms with Gasteiger partial charge >= 0.3 is 0 Å². The van der Waals surface area contributed by atoms with Gasteiger partial charge in [0.2, 0.25) is 15.9 Å². The van der Waals surface area contributed by atoms with Crippen molar-refractivity contribution in [2.45, 2.75) is 37.1 Å². The molecule has 120 valence electrons. The number of hydrogen-bond donors (Lipinski definition) is 1. The summed E-state index contributed by atoms with van der Waals surface area (Å²) in [4.78, 5) is 13.9. The minimum atomic E-state index is -3.61. The highest BCUT2D eigenvalue weighted by molar-refractivity contribution is 7.89. The fourth-order valence-corrected chi connectivity index (χ4v) is 4.21. The molecule has 1 heterocycles. The lowest BCUT2D eigenvalue weighted by molar-refractivity contribution is -0.131. The maximum Gasteiger partial charge on any atom is 0.240 e. The van der Waals surface area contributed by atoms with Crippen molar-refractivity contribution in [1.29, 1.82) is 0 Å². The summed E-state index contributed by atoms with van der Waals surface area (Å²) in [5.41, 5.74) is 0.836. The Balaban J connectivity index is 1.67. The summed E-state index contributed by atoms with van der Waals surface area (Å²) < 4.78 is 27.5. The largest absolute Gasteiger partial charge is 0.341 e. The van der Waals surface area contributed by atoms with Crippen molar-refractivity contribution in [2.24, 2.45) is 5.92 Å². The second-order valence-electron chi connectivity index (χ2n) is 6.08. The number of sulfonamides is 1. The van der Waals surface area contributed by atoms with Gasteiger partial charge in [0.05, 0.1) is 4.90 Å². The van der Waals surface area contributed by atoms with Crippen molar-refractivity contribution < 1.29 is 13.2 Å². The van der Waals surface area contributed by atoms with Crippen LogP contribution in [-0.4, -0.2) is 38.4 Å². The molecule has 2 fully saturated rings. The van der Waals surface area contributed by atoms with E-state index in [4.69, 9.17) is 11.6 Å². The molecule has 1 N–H and O–H groups in total. The number of nitrogens with one attached hydrogen (secondary N) is 1. The number of benzene rings is 1. The van der Waals surface area contributed by atoms with E-state index in [0.29, 0.717) is 24.5 Å². The van der Waals surface area contributed by atoms with Crippen molar-refractivity contribution in [1.82, 2.24) is 9.62 Å². The molecule has 3 rings (SSSR count). The summed E-state index contributed by atoms with van der Waals surface area (Å²) in [5.74, 6) is 0.339. The number of nitrogens with zero attached hydrogens (tertiary/aromatic N) is 1. The zero-order valence-electron chi connectivity index (χ0n) is 12.4. The monoisotopic (exact) mass is 342 g/mol. The van der Waals surface area contributed by atoms with Gasteiger partial charge in [-0.05, 0) is 43.9 Å². The fourth-order valence-electron chi connectivity index (χ4n) is 2.67. The molecular formula is C15H19ClN2O3S. The average Bonchev–Trinajstić information content (AvgIpc) is 3.21. The third-order valence-corrected chi connectivity index (χ3v) is 6.13. The van der Waals surface area contributed by atoms with Crippen LogP contribution in [0.4, 0.5) is 0 Å². The van der Waals surface area contributed by atoms with E-state index in [1.807, 2.05) is 6.92 Å². The van der Waals surface area contributed by atoms with E-state index in [0.717, 1.165) is 18.4 Å². The van der Waals surface area contributed by atoms with E-state index in [2.05, 4.69) is 4.72 Å². The normalized spacial score (nSPS) is 22.1. The van der Waals surface area contributed by atoms with Crippen LogP contribution in [0.15, 0.2) is 23.1 Å². The zero-order valence-corrected chi connectivity index (χ0v) is 14.0. The van der Waals surface area contributed by atoms with Crippen LogP contribution in [0.3, 0.4) is 0 Å². The molecule has 22 heavy (non-hydrogen) atoms. The second kappa shape index (κ2) is 5.83. The van der Waals surface area contributed by atoms with Gasteiger partial charge in [-0.2, -0.15) is 0 Å². The van der Waals surface area contributed by atoms with Crippen LogP contribution < -0.4 is 4.72 Å². The molecule has 1 aromatic carbocycles. The number of amides is 1. The van der Waals surface area contributed by atoms with Crippen molar-refractivity contribution in [3.63, 3.8) is 0 Å². The van der Waals surface area contributed by atoms with Crippen molar-refractivity contribution in [3.8, 4) is 0 Å². The number of hydrogen-bond acceptors (Lipinski definition) is 3. The topological polar surface area (TPSA) is 66.5 Å². The number of likely N-dealkylation sites (tertiary alicyclic amines) is 1. The summed E-state index contributed by atoms with van der Waals surface area (Å²) in [7, 11) is -3.61. The quantitative estimate of drug-likeness (QED) is 0.909. The predicted octanol–water partition coefficient (Wildman–Crippen LogP) is 1.94. The molecule has 1 aliphatic heterocycles. The molecule has 1 saturated carbocycles. The molecule has 1 atom stereocenters. The van der Waals surface area contributed by atoms with Gasteiger partial charge in [0.25, 0.3) is 0 Å². The highest BCUT2D eigenvalue weighted by Crippen LogP contribution is 2.32. The Morgan fingerprint density at radius 1 is 1.32 bits per heavy atom. The maximum atomic E-state index is 12.4. The Hall–Kier alpha value is -1.11. The molecule has 1 aliphatic carbocycles. The van der Waals surface area contributed by atoms with E-state index in [1.54, 1.807) is 17.0 Å². The molecule has 1 unspecified atom stereocenters. The molecule has 0 radical (unpaired) electrons. The van der Waals surface area contributed by atoms with Gasteiger partial charge < -0.3 is 4.90 Å². The average molecular weight is 343 g/mol. The first kappa shape index (κ1) is 15.8. The Kier molecular flexibility index (Phi) is 4.18. The zero-order chi connectivity index (χ0) is 15.9. The smallest absolute Gasteiger partial charge is 0.240 e. The molecular weight excluding hydrogens is 324 g/mol. The number of rotatable bonds is 4. The van der Waals surface area contributed by atoms with Gasteiger partial charge in [0, 0.05) is 30.1 Å². The van der Waals surface area contributed by atoms with Crippen molar-refractivity contribution >= 4 is 27.5 Å². The lowest BCUT2D eigenvalue weighted by Gasteiger charge is -2.17. The lowest BCUT2D eigenvalue weighted by atomic mass is 10.2. The summed E-state index contributed by atoms with van der Waals surface area (Å²) in [6, 6.07) is 4.47. The Morgan fingerprint density at radius 2 is 2.05 bits per heavy atom. The fraction of sp³-hybridized carbons (Fsp3) is 0.533. The second-order valence-corrected chi connectivity index (χ2v) is 8.20. The van der Waals surface area contributed by atoms with Crippen LogP contribution in [0.1, 0.15) is 24.8 Å². The number of aryl methyl sites for hydroxylation is 1. The molecule has 1 amide bonds. The van der Waals surface area contributed by atoms with Gasteiger partial charge in [-0.15, -0.1) is 0 Å².